The molecule has 20 heavy (non-hydrogen) atoms. The summed E-state index contributed by atoms with van der Waals surface area (Å²) in [5, 5.41) is 5.85. The quantitative estimate of drug-likeness (QED) is 0.911. The number of rotatable bonds is 4. The lowest BCUT2D eigenvalue weighted by Gasteiger charge is -2.10. The Morgan fingerprint density at radius 1 is 1.50 bits per heavy atom. The number of thiazole rings is 1. The normalized spacial score (nSPS) is 11.6. The van der Waals surface area contributed by atoms with Gasteiger partial charge in [-0.05, 0) is 25.5 Å². The SMILES string of the molecule is CC[C@H](N)C(=O)Nc1cccc(-c2csc(C)n2)c1.Cl. The molecule has 0 saturated carbocycles. The molecule has 0 aliphatic rings. The largest absolute Gasteiger partial charge is 0.325 e. The molecule has 4 nitrogen and oxygen atoms in total. The molecule has 1 atom stereocenters. The van der Waals surface area contributed by atoms with Crippen molar-refractivity contribution in [1.29, 1.82) is 0 Å². The molecule has 3 N–H and O–H groups in total. The Kier molecular flexibility index (Phi) is 6.13. The van der Waals surface area contributed by atoms with E-state index in [0.717, 1.165) is 22.0 Å². The van der Waals surface area contributed by atoms with Crippen molar-refractivity contribution >= 4 is 35.3 Å². The van der Waals surface area contributed by atoms with Crippen LogP contribution in [-0.2, 0) is 4.79 Å². The molecule has 6 heteroatoms. The molecule has 0 fully saturated rings. The van der Waals surface area contributed by atoms with E-state index < -0.39 is 6.04 Å². The Labute approximate surface area is 128 Å². The summed E-state index contributed by atoms with van der Waals surface area (Å²) in [5.74, 6) is -0.158. The number of nitrogens with one attached hydrogen (secondary N) is 1. The topological polar surface area (TPSA) is 68.0 Å². The van der Waals surface area contributed by atoms with Gasteiger partial charge < -0.3 is 11.1 Å². The highest BCUT2D eigenvalue weighted by molar-refractivity contribution is 7.09. The molecule has 0 spiro atoms. The van der Waals surface area contributed by atoms with Gasteiger partial charge in [0.2, 0.25) is 5.91 Å². The molecule has 0 radical (unpaired) electrons. The summed E-state index contributed by atoms with van der Waals surface area (Å²) < 4.78 is 0. The van der Waals surface area contributed by atoms with Crippen LogP contribution >= 0.6 is 23.7 Å². The van der Waals surface area contributed by atoms with Gasteiger partial charge in [0.25, 0.3) is 0 Å². The molecule has 1 aromatic carbocycles. The van der Waals surface area contributed by atoms with Gasteiger partial charge in [0, 0.05) is 16.6 Å². The molecule has 0 bridgehead atoms. The van der Waals surface area contributed by atoms with Crippen LogP contribution in [0.25, 0.3) is 11.3 Å². The van der Waals surface area contributed by atoms with E-state index in [1.165, 1.54) is 0 Å². The number of nitrogens with zero attached hydrogens (tertiary/aromatic N) is 1. The Morgan fingerprint density at radius 2 is 2.25 bits per heavy atom. The van der Waals surface area contributed by atoms with Crippen LogP contribution < -0.4 is 11.1 Å². The van der Waals surface area contributed by atoms with E-state index in [1.807, 2.05) is 43.5 Å². The monoisotopic (exact) mass is 311 g/mol. The third-order valence-corrected chi connectivity index (χ3v) is 3.59. The lowest BCUT2D eigenvalue weighted by atomic mass is 10.1. The Morgan fingerprint density at radius 3 is 2.85 bits per heavy atom. The van der Waals surface area contributed by atoms with Crippen molar-refractivity contribution in [2.24, 2.45) is 5.73 Å². The zero-order valence-electron chi connectivity index (χ0n) is 11.4. The highest BCUT2D eigenvalue weighted by atomic mass is 35.5. The summed E-state index contributed by atoms with van der Waals surface area (Å²) in [5.41, 5.74) is 8.36. The van der Waals surface area contributed by atoms with Crippen molar-refractivity contribution in [2.45, 2.75) is 26.3 Å². The molecule has 0 unspecified atom stereocenters. The number of benzene rings is 1. The number of hydrogen-bond donors (Lipinski definition) is 2. The zero-order valence-corrected chi connectivity index (χ0v) is 13.1. The summed E-state index contributed by atoms with van der Waals surface area (Å²) in [4.78, 5) is 16.2. The summed E-state index contributed by atoms with van der Waals surface area (Å²) in [6, 6.07) is 7.17. The molecule has 108 valence electrons. The van der Waals surface area contributed by atoms with Crippen LogP contribution in [0.1, 0.15) is 18.4 Å². The second kappa shape index (κ2) is 7.38. The lowest BCUT2D eigenvalue weighted by Crippen LogP contribution is -2.34. The van der Waals surface area contributed by atoms with Gasteiger partial charge in [0.15, 0.2) is 0 Å². The Balaban J connectivity index is 0.00000200. The van der Waals surface area contributed by atoms with Crippen molar-refractivity contribution in [1.82, 2.24) is 4.98 Å². The third kappa shape index (κ3) is 4.03. The average molecular weight is 312 g/mol. The molecule has 0 aliphatic heterocycles. The molecular formula is C14H18ClN3OS. The summed E-state index contributed by atoms with van der Waals surface area (Å²) in [7, 11) is 0. The highest BCUT2D eigenvalue weighted by Gasteiger charge is 2.11. The van der Waals surface area contributed by atoms with E-state index in [9.17, 15) is 4.79 Å². The van der Waals surface area contributed by atoms with E-state index in [0.29, 0.717) is 6.42 Å². The van der Waals surface area contributed by atoms with Gasteiger partial charge in [0.05, 0.1) is 16.7 Å². The number of aromatic nitrogens is 1. The first kappa shape index (κ1) is 16.6. The predicted molar refractivity (Wildman–Crippen MR) is 86.4 cm³/mol. The first-order valence-corrected chi connectivity index (χ1v) is 7.07. The van der Waals surface area contributed by atoms with Gasteiger partial charge in [-0.25, -0.2) is 4.98 Å². The lowest BCUT2D eigenvalue weighted by molar-refractivity contribution is -0.117. The van der Waals surface area contributed by atoms with Gasteiger partial charge in [-0.15, -0.1) is 23.7 Å². The number of aryl methyl sites for hydroxylation is 1. The van der Waals surface area contributed by atoms with Gasteiger partial charge in [-0.1, -0.05) is 19.1 Å². The summed E-state index contributed by atoms with van der Waals surface area (Å²) in [6.07, 6.45) is 0.622. The van der Waals surface area contributed by atoms with Crippen LogP contribution in [0, 0.1) is 6.92 Å². The minimum absolute atomic E-state index is 0. The van der Waals surface area contributed by atoms with Crippen LogP contribution in [-0.4, -0.2) is 16.9 Å². The second-order valence-electron chi connectivity index (χ2n) is 4.34. The minimum Gasteiger partial charge on any atom is -0.325 e. The number of nitrogens with two attached hydrogens (primary N) is 1. The summed E-state index contributed by atoms with van der Waals surface area (Å²) >= 11 is 1.61. The minimum atomic E-state index is -0.467. The van der Waals surface area contributed by atoms with Gasteiger partial charge in [0.1, 0.15) is 0 Å². The fourth-order valence-corrected chi connectivity index (χ4v) is 2.29. The number of halogens is 1. The van der Waals surface area contributed by atoms with Crippen LogP contribution in [0.4, 0.5) is 5.69 Å². The van der Waals surface area contributed by atoms with E-state index in [-0.39, 0.29) is 18.3 Å². The summed E-state index contributed by atoms with van der Waals surface area (Å²) in [6.45, 7) is 3.86. The number of carbonyl (C=O) groups is 1. The number of amides is 1. The van der Waals surface area contributed by atoms with Crippen LogP contribution in [0.5, 0.6) is 0 Å². The first-order valence-electron chi connectivity index (χ1n) is 6.19. The molecule has 0 aliphatic carbocycles. The van der Waals surface area contributed by atoms with E-state index in [1.54, 1.807) is 11.3 Å². The molecule has 1 amide bonds. The maximum absolute atomic E-state index is 11.7. The smallest absolute Gasteiger partial charge is 0.241 e. The van der Waals surface area contributed by atoms with Crippen LogP contribution in [0.15, 0.2) is 29.6 Å². The Bertz CT molecular complexity index is 585. The molecule has 1 heterocycles. The van der Waals surface area contributed by atoms with Crippen LogP contribution in [0.3, 0.4) is 0 Å². The maximum Gasteiger partial charge on any atom is 0.241 e. The third-order valence-electron chi connectivity index (χ3n) is 2.82. The second-order valence-corrected chi connectivity index (χ2v) is 5.40. The fraction of sp³-hybridized carbons (Fsp3) is 0.286. The van der Waals surface area contributed by atoms with E-state index in [4.69, 9.17) is 5.73 Å². The molecule has 0 saturated heterocycles. The fourth-order valence-electron chi connectivity index (χ4n) is 1.67. The van der Waals surface area contributed by atoms with Crippen LogP contribution in [0.2, 0.25) is 0 Å². The van der Waals surface area contributed by atoms with Crippen molar-refractivity contribution in [3.63, 3.8) is 0 Å². The maximum atomic E-state index is 11.7. The van der Waals surface area contributed by atoms with E-state index in [2.05, 4.69) is 10.3 Å². The first-order chi connectivity index (χ1) is 9.10. The average Bonchev–Trinajstić information content (AvgIpc) is 2.84. The highest BCUT2D eigenvalue weighted by Crippen LogP contribution is 2.24. The standard InChI is InChI=1S/C14H17N3OS.ClH/c1-3-12(15)14(18)17-11-6-4-5-10(7-11)13-8-19-9(2)16-13;/h4-8,12H,3,15H2,1-2H3,(H,17,18);1H/t12-;/m0./s1. The number of carbonyl (C=O) groups excluding carboxylic acids is 1. The number of hydrogen-bond acceptors (Lipinski definition) is 4. The molecule has 2 rings (SSSR count). The van der Waals surface area contributed by atoms with Crippen molar-refractivity contribution in [3.8, 4) is 11.3 Å². The molecule has 2 aromatic rings. The molecule has 1 aromatic heterocycles. The van der Waals surface area contributed by atoms with Gasteiger partial charge in [-0.2, -0.15) is 0 Å². The zero-order chi connectivity index (χ0) is 13.8. The number of anilines is 1. The van der Waals surface area contributed by atoms with Crippen molar-refractivity contribution in [3.05, 3.63) is 34.7 Å². The van der Waals surface area contributed by atoms with Crippen molar-refractivity contribution in [2.75, 3.05) is 5.32 Å². The molecular weight excluding hydrogens is 294 g/mol. The van der Waals surface area contributed by atoms with Gasteiger partial charge in [-0.3, -0.25) is 4.79 Å². The Hall–Kier alpha value is -1.43. The van der Waals surface area contributed by atoms with Crippen molar-refractivity contribution < 1.29 is 4.79 Å². The van der Waals surface area contributed by atoms with Gasteiger partial charge >= 0.3 is 0 Å². The van der Waals surface area contributed by atoms with E-state index >= 15 is 0 Å². The predicted octanol–water partition coefficient (Wildman–Crippen LogP) is 3.22.